The van der Waals surface area contributed by atoms with Crippen LogP contribution in [0.1, 0.15) is 50.4 Å². The summed E-state index contributed by atoms with van der Waals surface area (Å²) in [5.41, 5.74) is 0.753. The van der Waals surface area contributed by atoms with Gasteiger partial charge in [0.25, 0.3) is 0 Å². The first-order chi connectivity index (χ1) is 16.1. The Bertz CT molecular complexity index is 904. The van der Waals surface area contributed by atoms with E-state index in [-0.39, 0.29) is 24.8 Å². The monoisotopic (exact) mass is 513 g/mol. The fourth-order valence-electron chi connectivity index (χ4n) is 3.28. The molecule has 0 spiro atoms. The molecule has 2 aromatic rings. The predicted molar refractivity (Wildman–Crippen MR) is 132 cm³/mol. The molecule has 2 N–H and O–H groups in total. The number of halogens is 2. The van der Waals surface area contributed by atoms with Gasteiger partial charge in [0.15, 0.2) is 6.79 Å². The number of hydrogen-bond acceptors (Lipinski definition) is 7. The first kappa shape index (κ1) is 28.4. The molecule has 0 fully saturated rings. The number of rotatable bonds is 13. The maximum atomic E-state index is 12.8. The summed E-state index contributed by atoms with van der Waals surface area (Å²) in [7, 11) is 1.58. The Kier molecular flexibility index (Phi) is 11.6. The van der Waals surface area contributed by atoms with Gasteiger partial charge in [-0.1, -0.05) is 53.5 Å². The largest absolute Gasteiger partial charge is 0.466 e. The van der Waals surface area contributed by atoms with E-state index in [2.05, 4.69) is 5.32 Å². The highest BCUT2D eigenvalue weighted by molar-refractivity contribution is 6.35. The van der Waals surface area contributed by atoms with Crippen molar-refractivity contribution in [2.24, 2.45) is 0 Å². The van der Waals surface area contributed by atoms with Crippen LogP contribution in [0.4, 0.5) is 0 Å². The van der Waals surface area contributed by atoms with Crippen LogP contribution in [0.15, 0.2) is 42.5 Å². The second-order valence-electron chi connectivity index (χ2n) is 8.62. The van der Waals surface area contributed by atoms with Crippen molar-refractivity contribution in [1.82, 2.24) is 5.32 Å². The number of nitrogens with one attached hydrogen (secondary N) is 1. The lowest BCUT2D eigenvalue weighted by atomic mass is 9.99. The topological polar surface area (TPSA) is 86.3 Å². The van der Waals surface area contributed by atoms with Crippen LogP contribution in [-0.2, 0) is 19.0 Å². The Balaban J connectivity index is 2.39. The number of carbonyl (C=O) groups is 1. The first-order valence-electron chi connectivity index (χ1n) is 11.0. The van der Waals surface area contributed by atoms with E-state index in [9.17, 15) is 9.90 Å². The van der Waals surface area contributed by atoms with E-state index >= 15 is 0 Å². The lowest BCUT2D eigenvalue weighted by Crippen LogP contribution is -2.33. The van der Waals surface area contributed by atoms with Gasteiger partial charge < -0.3 is 29.4 Å². The first-order valence-corrected chi connectivity index (χ1v) is 11.7. The van der Waals surface area contributed by atoms with Crippen LogP contribution in [0, 0.1) is 0 Å². The molecular weight excluding hydrogens is 481 g/mol. The lowest BCUT2D eigenvalue weighted by Gasteiger charge is -2.28. The molecule has 34 heavy (non-hydrogen) atoms. The summed E-state index contributed by atoms with van der Waals surface area (Å²) in [6.45, 7) is 5.90. The highest BCUT2D eigenvalue weighted by Gasteiger charge is 2.28. The molecule has 0 saturated heterocycles. The van der Waals surface area contributed by atoms with Gasteiger partial charge in [-0.3, -0.25) is 4.79 Å². The third-order valence-corrected chi connectivity index (χ3v) is 5.21. The zero-order chi connectivity index (χ0) is 25.1. The van der Waals surface area contributed by atoms with Crippen molar-refractivity contribution in [2.45, 2.75) is 44.9 Å². The van der Waals surface area contributed by atoms with Crippen molar-refractivity contribution in [3.63, 3.8) is 0 Å². The van der Waals surface area contributed by atoms with Gasteiger partial charge in [0.05, 0.1) is 37.3 Å². The van der Waals surface area contributed by atoms with Crippen LogP contribution < -0.4 is 10.1 Å². The minimum absolute atomic E-state index is 0.0435. The molecule has 7 nitrogen and oxygen atoms in total. The third-order valence-electron chi connectivity index (χ3n) is 4.71. The maximum absolute atomic E-state index is 12.8. The van der Waals surface area contributed by atoms with Crippen LogP contribution in [0.5, 0.6) is 5.75 Å². The predicted octanol–water partition coefficient (Wildman–Crippen LogP) is 5.09. The Morgan fingerprint density at radius 2 is 1.79 bits per heavy atom. The molecule has 9 heteroatoms. The SMILES string of the molecule is COCCOCOc1c(Cl)cc(Cl)cc1[C@H](CC(=O)OC(C)(C)C)N[C@H](CO)c1ccccc1. The number of methoxy groups -OCH3 is 1. The number of aliphatic hydroxyl groups excluding tert-OH is 1. The minimum atomic E-state index is -0.655. The van der Waals surface area contributed by atoms with Gasteiger partial charge >= 0.3 is 5.97 Å². The van der Waals surface area contributed by atoms with Crippen LogP contribution in [-0.4, -0.2) is 50.4 Å². The molecule has 2 aromatic carbocycles. The van der Waals surface area contributed by atoms with E-state index < -0.39 is 23.7 Å². The summed E-state index contributed by atoms with van der Waals surface area (Å²) in [4.78, 5) is 12.8. The highest BCUT2D eigenvalue weighted by Crippen LogP contribution is 2.38. The maximum Gasteiger partial charge on any atom is 0.308 e. The van der Waals surface area contributed by atoms with Gasteiger partial charge in [-0.05, 0) is 38.5 Å². The molecule has 188 valence electrons. The summed E-state index contributed by atoms with van der Waals surface area (Å²) in [5.74, 6) is -0.0950. The lowest BCUT2D eigenvalue weighted by molar-refractivity contribution is -0.155. The van der Waals surface area contributed by atoms with Gasteiger partial charge in [-0.15, -0.1) is 0 Å². The number of aliphatic hydroxyl groups is 1. The van der Waals surface area contributed by atoms with E-state index in [4.69, 9.17) is 42.1 Å². The second kappa shape index (κ2) is 13.9. The number of carbonyl (C=O) groups excluding carboxylic acids is 1. The molecular formula is C25H33Cl2NO6. The van der Waals surface area contributed by atoms with Crippen molar-refractivity contribution < 1.29 is 28.8 Å². The highest BCUT2D eigenvalue weighted by atomic mass is 35.5. The third kappa shape index (κ3) is 9.41. The van der Waals surface area contributed by atoms with Crippen molar-refractivity contribution >= 4 is 29.2 Å². The van der Waals surface area contributed by atoms with Gasteiger partial charge in [0.2, 0.25) is 0 Å². The smallest absolute Gasteiger partial charge is 0.308 e. The summed E-state index contributed by atoms with van der Waals surface area (Å²) in [6, 6.07) is 11.6. The molecule has 0 aliphatic rings. The van der Waals surface area contributed by atoms with Crippen molar-refractivity contribution in [3.8, 4) is 5.75 Å². The van der Waals surface area contributed by atoms with Crippen molar-refractivity contribution in [1.29, 1.82) is 0 Å². The molecule has 2 atom stereocenters. The van der Waals surface area contributed by atoms with Crippen LogP contribution in [0.2, 0.25) is 10.0 Å². The number of esters is 1. The van der Waals surface area contributed by atoms with Gasteiger partial charge in [-0.2, -0.15) is 0 Å². The van der Waals surface area contributed by atoms with E-state index in [1.165, 1.54) is 0 Å². The summed E-state index contributed by atoms with van der Waals surface area (Å²) < 4.78 is 21.8. The van der Waals surface area contributed by atoms with Crippen LogP contribution in [0.25, 0.3) is 0 Å². The number of ether oxygens (including phenoxy) is 4. The summed E-state index contributed by atoms with van der Waals surface area (Å²) in [5, 5.41) is 14.1. The standard InChI is InChI=1S/C25H33Cl2NO6/c1-25(2,3)34-23(30)14-21(28-22(15-29)17-8-6-5-7-9-17)19-12-18(26)13-20(27)24(19)33-16-32-11-10-31-4/h5-9,12-13,21-22,28-29H,10-11,14-16H2,1-4H3/t21-,22+/m0/s1. The van der Waals surface area contributed by atoms with Crippen molar-refractivity contribution in [2.75, 3.05) is 33.7 Å². The fourth-order valence-corrected chi connectivity index (χ4v) is 3.85. The molecule has 0 radical (unpaired) electrons. The number of benzene rings is 2. The zero-order valence-corrected chi connectivity index (χ0v) is 21.5. The molecule has 0 bridgehead atoms. The Hall–Kier alpha value is -1.87. The molecule has 0 aliphatic carbocycles. The average Bonchev–Trinajstić information content (AvgIpc) is 2.76. The normalized spacial score (nSPS) is 13.4. The van der Waals surface area contributed by atoms with E-state index in [0.29, 0.717) is 29.5 Å². The Morgan fingerprint density at radius 3 is 2.41 bits per heavy atom. The van der Waals surface area contributed by atoms with Crippen LogP contribution in [0.3, 0.4) is 0 Å². The summed E-state index contributed by atoms with van der Waals surface area (Å²) >= 11 is 12.8. The molecule has 0 unspecified atom stereocenters. The van der Waals surface area contributed by atoms with Gasteiger partial charge in [0.1, 0.15) is 11.4 Å². The van der Waals surface area contributed by atoms with Crippen molar-refractivity contribution in [3.05, 3.63) is 63.6 Å². The average molecular weight is 514 g/mol. The molecule has 0 saturated carbocycles. The second-order valence-corrected chi connectivity index (χ2v) is 9.47. The van der Waals surface area contributed by atoms with Gasteiger partial charge in [0, 0.05) is 23.7 Å². The molecule has 2 rings (SSSR count). The molecule has 0 heterocycles. The minimum Gasteiger partial charge on any atom is -0.466 e. The molecule has 0 amide bonds. The Morgan fingerprint density at radius 1 is 1.09 bits per heavy atom. The van der Waals surface area contributed by atoms with Crippen LogP contribution >= 0.6 is 23.2 Å². The van der Waals surface area contributed by atoms with E-state index in [1.807, 2.05) is 30.3 Å². The fraction of sp³-hybridized carbons (Fsp3) is 0.480. The quantitative estimate of drug-likeness (QED) is 0.219. The van der Waals surface area contributed by atoms with E-state index in [1.54, 1.807) is 40.0 Å². The molecule has 0 aromatic heterocycles. The molecule has 0 aliphatic heterocycles. The Labute approximate surface area is 211 Å². The van der Waals surface area contributed by atoms with E-state index in [0.717, 1.165) is 5.56 Å². The van der Waals surface area contributed by atoms with Gasteiger partial charge in [-0.25, -0.2) is 0 Å². The zero-order valence-electron chi connectivity index (χ0n) is 20.0. The summed E-state index contributed by atoms with van der Waals surface area (Å²) in [6.07, 6.45) is -0.0435. The number of hydrogen-bond donors (Lipinski definition) is 2.